The van der Waals surface area contributed by atoms with Crippen molar-refractivity contribution in [1.29, 1.82) is 0 Å². The van der Waals surface area contributed by atoms with Crippen LogP contribution in [0.3, 0.4) is 0 Å². The van der Waals surface area contributed by atoms with Crippen LogP contribution in [-0.4, -0.2) is 44.8 Å². The van der Waals surface area contributed by atoms with Crippen molar-refractivity contribution in [2.24, 2.45) is 0 Å². The van der Waals surface area contributed by atoms with Crippen molar-refractivity contribution in [2.75, 3.05) is 19.0 Å². The Morgan fingerprint density at radius 1 is 1.18 bits per heavy atom. The third-order valence-corrected chi connectivity index (χ3v) is 5.53. The molecule has 0 bridgehead atoms. The molecule has 0 saturated heterocycles. The lowest BCUT2D eigenvalue weighted by atomic mass is 10.0. The van der Waals surface area contributed by atoms with Crippen LogP contribution in [0.25, 0.3) is 11.0 Å². The quantitative estimate of drug-likeness (QED) is 0.420. The summed E-state index contributed by atoms with van der Waals surface area (Å²) < 4.78 is 8.04. The number of hydrogen-bond acceptors (Lipinski definition) is 5. The van der Waals surface area contributed by atoms with Crippen LogP contribution in [0.4, 0.5) is 0 Å². The van der Waals surface area contributed by atoms with Crippen molar-refractivity contribution in [3.05, 3.63) is 53.6 Å². The van der Waals surface area contributed by atoms with Crippen LogP contribution < -0.4 is 4.74 Å². The number of nitrogens with zero attached hydrogens (tertiary/aromatic N) is 2. The van der Waals surface area contributed by atoms with Gasteiger partial charge in [-0.05, 0) is 42.2 Å². The van der Waals surface area contributed by atoms with E-state index in [4.69, 9.17) is 4.74 Å². The molecule has 3 aromatic rings. The molecular weight excluding hydrogens is 372 g/mol. The Bertz CT molecular complexity index is 923. The Kier molecular flexibility index (Phi) is 6.99. The van der Waals surface area contributed by atoms with Gasteiger partial charge in [0.25, 0.3) is 0 Å². The molecule has 0 radical (unpaired) electrons. The van der Waals surface area contributed by atoms with Crippen LogP contribution in [0.1, 0.15) is 30.9 Å². The van der Waals surface area contributed by atoms with E-state index in [1.807, 2.05) is 28.8 Å². The summed E-state index contributed by atoms with van der Waals surface area (Å²) in [5, 5.41) is 20.0. The second kappa shape index (κ2) is 9.45. The van der Waals surface area contributed by atoms with E-state index in [9.17, 15) is 10.2 Å². The summed E-state index contributed by atoms with van der Waals surface area (Å²) in [5.41, 5.74) is 4.25. The SMILES string of the molecule is Cc1ccc(C(C)C)c(OCCSc2nc3ccccc3n2C[C@H](O)CO)c1. The van der Waals surface area contributed by atoms with E-state index in [0.717, 1.165) is 27.7 Å². The maximum Gasteiger partial charge on any atom is 0.169 e. The van der Waals surface area contributed by atoms with E-state index < -0.39 is 6.10 Å². The Labute approximate surface area is 170 Å². The molecule has 28 heavy (non-hydrogen) atoms. The standard InChI is InChI=1S/C22H28N2O3S/c1-15(2)18-9-8-16(3)12-21(18)27-10-11-28-22-23-19-6-4-5-7-20(19)24(22)13-17(26)14-25/h4-9,12,15,17,25-26H,10-11,13-14H2,1-3H3/t17-/m0/s1. The van der Waals surface area contributed by atoms with Gasteiger partial charge in [-0.15, -0.1) is 0 Å². The minimum atomic E-state index is -0.811. The molecule has 0 aliphatic heterocycles. The highest BCUT2D eigenvalue weighted by Gasteiger charge is 2.14. The first-order chi connectivity index (χ1) is 13.5. The highest BCUT2D eigenvalue weighted by molar-refractivity contribution is 7.99. The first-order valence-corrected chi connectivity index (χ1v) is 10.6. The maximum atomic E-state index is 9.91. The number of para-hydroxylation sites is 2. The lowest BCUT2D eigenvalue weighted by molar-refractivity contribution is 0.0802. The third kappa shape index (κ3) is 4.87. The van der Waals surface area contributed by atoms with Gasteiger partial charge in [0.1, 0.15) is 5.75 Å². The van der Waals surface area contributed by atoms with Crippen molar-refractivity contribution in [3.63, 3.8) is 0 Å². The predicted octanol–water partition coefficient (Wildman–Crippen LogP) is 3.99. The topological polar surface area (TPSA) is 67.5 Å². The molecule has 2 N–H and O–H groups in total. The number of ether oxygens (including phenoxy) is 1. The molecule has 0 amide bonds. The van der Waals surface area contributed by atoms with Crippen LogP contribution >= 0.6 is 11.8 Å². The molecule has 0 fully saturated rings. The summed E-state index contributed by atoms with van der Waals surface area (Å²) in [5.74, 6) is 2.09. The number of aliphatic hydroxyl groups is 2. The second-order valence-electron chi connectivity index (χ2n) is 7.22. The summed E-state index contributed by atoms with van der Waals surface area (Å²) in [7, 11) is 0. The van der Waals surface area contributed by atoms with Gasteiger partial charge in [0, 0.05) is 5.75 Å². The van der Waals surface area contributed by atoms with Crippen molar-refractivity contribution in [1.82, 2.24) is 9.55 Å². The first-order valence-electron chi connectivity index (χ1n) is 9.60. The number of aromatic nitrogens is 2. The van der Waals surface area contributed by atoms with Crippen LogP contribution in [0.2, 0.25) is 0 Å². The van der Waals surface area contributed by atoms with E-state index in [1.54, 1.807) is 11.8 Å². The molecule has 0 aliphatic carbocycles. The number of rotatable bonds is 9. The number of fused-ring (bicyclic) bond motifs is 1. The monoisotopic (exact) mass is 400 g/mol. The van der Waals surface area contributed by atoms with Gasteiger partial charge in [0.05, 0.1) is 36.9 Å². The smallest absolute Gasteiger partial charge is 0.169 e. The lowest BCUT2D eigenvalue weighted by Gasteiger charge is -2.15. The van der Waals surface area contributed by atoms with E-state index >= 15 is 0 Å². The van der Waals surface area contributed by atoms with Gasteiger partial charge >= 0.3 is 0 Å². The molecule has 0 saturated carbocycles. The molecule has 6 heteroatoms. The number of aliphatic hydroxyl groups excluding tert-OH is 2. The van der Waals surface area contributed by atoms with Gasteiger partial charge in [-0.3, -0.25) is 0 Å². The van der Waals surface area contributed by atoms with Gasteiger partial charge in [0.2, 0.25) is 0 Å². The summed E-state index contributed by atoms with van der Waals surface area (Å²) in [6.07, 6.45) is -0.811. The summed E-state index contributed by atoms with van der Waals surface area (Å²) >= 11 is 1.60. The fourth-order valence-electron chi connectivity index (χ4n) is 3.14. The highest BCUT2D eigenvalue weighted by atomic mass is 32.2. The number of thioether (sulfide) groups is 1. The molecule has 2 aromatic carbocycles. The average molecular weight is 401 g/mol. The fourth-order valence-corrected chi connectivity index (χ4v) is 3.98. The Morgan fingerprint density at radius 2 is 1.96 bits per heavy atom. The van der Waals surface area contributed by atoms with Gasteiger partial charge in [0.15, 0.2) is 5.16 Å². The number of benzene rings is 2. The van der Waals surface area contributed by atoms with Crippen LogP contribution in [0, 0.1) is 6.92 Å². The Morgan fingerprint density at radius 3 is 2.71 bits per heavy atom. The second-order valence-corrected chi connectivity index (χ2v) is 8.29. The van der Waals surface area contributed by atoms with Gasteiger partial charge in [-0.2, -0.15) is 0 Å². The molecule has 150 valence electrons. The fraction of sp³-hybridized carbons (Fsp3) is 0.409. The van der Waals surface area contributed by atoms with E-state index in [2.05, 4.69) is 44.0 Å². The zero-order valence-electron chi connectivity index (χ0n) is 16.6. The van der Waals surface area contributed by atoms with Crippen molar-refractivity contribution >= 4 is 22.8 Å². The van der Waals surface area contributed by atoms with Crippen LogP contribution in [0.5, 0.6) is 5.75 Å². The minimum Gasteiger partial charge on any atom is -0.492 e. The Balaban J connectivity index is 1.69. The largest absolute Gasteiger partial charge is 0.492 e. The molecule has 0 unspecified atom stereocenters. The molecular formula is C22H28N2O3S. The number of hydrogen-bond donors (Lipinski definition) is 2. The predicted molar refractivity (Wildman–Crippen MR) is 114 cm³/mol. The minimum absolute atomic E-state index is 0.273. The highest BCUT2D eigenvalue weighted by Crippen LogP contribution is 2.28. The molecule has 1 heterocycles. The van der Waals surface area contributed by atoms with Crippen LogP contribution in [0.15, 0.2) is 47.6 Å². The van der Waals surface area contributed by atoms with E-state index in [-0.39, 0.29) is 6.61 Å². The molecule has 5 nitrogen and oxygen atoms in total. The molecule has 1 aromatic heterocycles. The van der Waals surface area contributed by atoms with Crippen molar-refractivity contribution < 1.29 is 14.9 Å². The molecule has 0 spiro atoms. The molecule has 1 atom stereocenters. The van der Waals surface area contributed by atoms with Gasteiger partial charge in [-0.1, -0.05) is 49.9 Å². The molecule has 0 aliphatic rings. The van der Waals surface area contributed by atoms with Crippen LogP contribution in [-0.2, 0) is 6.54 Å². The van der Waals surface area contributed by atoms with Crippen molar-refractivity contribution in [3.8, 4) is 5.75 Å². The van der Waals surface area contributed by atoms with E-state index in [0.29, 0.717) is 19.1 Å². The molecule has 3 rings (SSSR count). The summed E-state index contributed by atoms with van der Waals surface area (Å²) in [6, 6.07) is 14.2. The summed E-state index contributed by atoms with van der Waals surface area (Å²) in [6.45, 7) is 7.02. The third-order valence-electron chi connectivity index (χ3n) is 4.59. The zero-order chi connectivity index (χ0) is 20.1. The average Bonchev–Trinajstić information content (AvgIpc) is 3.02. The maximum absolute atomic E-state index is 9.91. The number of aryl methyl sites for hydroxylation is 1. The van der Waals surface area contributed by atoms with Gasteiger partial charge < -0.3 is 19.5 Å². The Hall–Kier alpha value is -2.02. The lowest BCUT2D eigenvalue weighted by Crippen LogP contribution is -2.20. The zero-order valence-corrected chi connectivity index (χ0v) is 17.4. The van der Waals surface area contributed by atoms with E-state index in [1.165, 1.54) is 11.1 Å². The summed E-state index contributed by atoms with van der Waals surface area (Å²) in [4.78, 5) is 4.68. The first kappa shape index (κ1) is 20.7. The van der Waals surface area contributed by atoms with Gasteiger partial charge in [-0.25, -0.2) is 4.98 Å². The number of imidazole rings is 1. The van der Waals surface area contributed by atoms with Crippen molar-refractivity contribution in [2.45, 2.75) is 44.5 Å². The normalized spacial score (nSPS) is 12.6.